The van der Waals surface area contributed by atoms with Crippen molar-refractivity contribution in [3.05, 3.63) is 31.1 Å². The van der Waals surface area contributed by atoms with Crippen molar-refractivity contribution < 1.29 is 4.74 Å². The molecule has 2 saturated heterocycles. The van der Waals surface area contributed by atoms with Crippen LogP contribution in [0.1, 0.15) is 25.3 Å². The smallest absolute Gasteiger partial charge is 0.225 e. The minimum absolute atomic E-state index is 0.0909. The van der Waals surface area contributed by atoms with Gasteiger partial charge in [0, 0.05) is 31.9 Å². The molecule has 2 aromatic heterocycles. The van der Waals surface area contributed by atoms with Crippen LogP contribution < -0.4 is 4.90 Å². The molecule has 0 radical (unpaired) electrons. The summed E-state index contributed by atoms with van der Waals surface area (Å²) in [5, 5.41) is 7.78. The third kappa shape index (κ3) is 2.37. The van der Waals surface area contributed by atoms with Gasteiger partial charge in [-0.2, -0.15) is 0 Å². The van der Waals surface area contributed by atoms with Crippen LogP contribution in [0.5, 0.6) is 0 Å². The lowest BCUT2D eigenvalue weighted by Gasteiger charge is -2.39. The Morgan fingerprint density at radius 1 is 1.19 bits per heavy atom. The fourth-order valence-corrected chi connectivity index (χ4v) is 3.42. The van der Waals surface area contributed by atoms with Crippen molar-refractivity contribution in [1.29, 1.82) is 0 Å². The van der Waals surface area contributed by atoms with Gasteiger partial charge >= 0.3 is 0 Å². The highest BCUT2D eigenvalue weighted by atomic mass is 16.5. The van der Waals surface area contributed by atoms with Crippen LogP contribution in [-0.4, -0.2) is 50.0 Å². The number of rotatable bonds is 2. The number of aromatic nitrogens is 5. The van der Waals surface area contributed by atoms with Crippen molar-refractivity contribution >= 4 is 5.95 Å². The van der Waals surface area contributed by atoms with Crippen LogP contribution in [0.4, 0.5) is 5.95 Å². The first-order chi connectivity index (χ1) is 10.3. The van der Waals surface area contributed by atoms with Gasteiger partial charge in [0.15, 0.2) is 0 Å². The van der Waals surface area contributed by atoms with Crippen molar-refractivity contribution in [1.82, 2.24) is 24.7 Å². The summed E-state index contributed by atoms with van der Waals surface area (Å²) >= 11 is 0. The molecule has 7 heteroatoms. The molecular weight excluding hydrogens is 268 g/mol. The maximum Gasteiger partial charge on any atom is 0.225 e. The Morgan fingerprint density at radius 2 is 2.00 bits per heavy atom. The van der Waals surface area contributed by atoms with Crippen molar-refractivity contribution in [2.75, 3.05) is 24.6 Å². The number of nitrogens with zero attached hydrogens (tertiary/aromatic N) is 6. The van der Waals surface area contributed by atoms with Crippen LogP contribution in [0.3, 0.4) is 0 Å². The largest absolute Gasteiger partial charge is 0.371 e. The summed E-state index contributed by atoms with van der Waals surface area (Å²) in [6.07, 6.45) is 10.3. The van der Waals surface area contributed by atoms with Crippen LogP contribution >= 0.6 is 0 Å². The zero-order chi connectivity index (χ0) is 14.1. The van der Waals surface area contributed by atoms with Gasteiger partial charge in [-0.3, -0.25) is 0 Å². The molecule has 0 amide bonds. The zero-order valence-electron chi connectivity index (χ0n) is 11.8. The van der Waals surface area contributed by atoms with E-state index in [1.807, 2.05) is 10.6 Å². The molecule has 0 bridgehead atoms. The molecule has 0 N–H and O–H groups in total. The molecule has 2 atom stereocenters. The van der Waals surface area contributed by atoms with Gasteiger partial charge < -0.3 is 14.2 Å². The lowest BCUT2D eigenvalue weighted by molar-refractivity contribution is -0.00719. The average Bonchev–Trinajstić information content (AvgIpc) is 3.19. The summed E-state index contributed by atoms with van der Waals surface area (Å²) in [7, 11) is 0. The molecule has 4 heterocycles. The van der Waals surface area contributed by atoms with E-state index in [9.17, 15) is 0 Å². The summed E-state index contributed by atoms with van der Waals surface area (Å²) in [6, 6.07) is 2.17. The molecule has 0 saturated carbocycles. The predicted molar refractivity (Wildman–Crippen MR) is 75.8 cm³/mol. The Bertz CT molecular complexity index is 589. The quantitative estimate of drug-likeness (QED) is 0.822. The van der Waals surface area contributed by atoms with E-state index in [0.717, 1.165) is 44.9 Å². The molecule has 2 aliphatic heterocycles. The molecule has 2 aromatic rings. The molecule has 2 unspecified atom stereocenters. The molecule has 1 spiro atoms. The molecule has 21 heavy (non-hydrogen) atoms. The molecular formula is C14H18N6O. The van der Waals surface area contributed by atoms with Crippen molar-refractivity contribution in [2.24, 2.45) is 0 Å². The van der Waals surface area contributed by atoms with Gasteiger partial charge in [-0.1, -0.05) is 0 Å². The number of anilines is 1. The Balaban J connectivity index is 1.51. The predicted octanol–water partition coefficient (Wildman–Crippen LogP) is 1.07. The summed E-state index contributed by atoms with van der Waals surface area (Å²) in [5.74, 6) is 0.799. The number of piperidine rings is 1. The maximum absolute atomic E-state index is 6.20. The van der Waals surface area contributed by atoms with E-state index >= 15 is 0 Å². The molecule has 4 rings (SSSR count). The van der Waals surface area contributed by atoms with E-state index in [-0.39, 0.29) is 5.60 Å². The number of ether oxygens (including phenoxy) is 1. The van der Waals surface area contributed by atoms with Crippen molar-refractivity contribution in [3.63, 3.8) is 0 Å². The lowest BCUT2D eigenvalue weighted by Crippen LogP contribution is -2.48. The summed E-state index contributed by atoms with van der Waals surface area (Å²) in [5.41, 5.74) is -0.0909. The van der Waals surface area contributed by atoms with Gasteiger partial charge in [-0.05, 0) is 18.9 Å². The van der Waals surface area contributed by atoms with Gasteiger partial charge in [0.25, 0.3) is 0 Å². The van der Waals surface area contributed by atoms with Gasteiger partial charge in [-0.25, -0.2) is 9.97 Å². The monoisotopic (exact) mass is 286 g/mol. The Hall–Kier alpha value is -2.02. The van der Waals surface area contributed by atoms with Crippen LogP contribution in [0, 0.1) is 0 Å². The van der Waals surface area contributed by atoms with Crippen LogP contribution in [-0.2, 0) is 4.74 Å². The summed E-state index contributed by atoms with van der Waals surface area (Å²) < 4.78 is 8.24. The highest BCUT2D eigenvalue weighted by Crippen LogP contribution is 2.39. The first-order valence-electron chi connectivity index (χ1n) is 7.35. The van der Waals surface area contributed by atoms with Crippen molar-refractivity contribution in [2.45, 2.75) is 30.9 Å². The van der Waals surface area contributed by atoms with Gasteiger partial charge in [0.05, 0.1) is 18.2 Å². The van der Waals surface area contributed by atoms with E-state index in [1.165, 1.54) is 0 Å². The second kappa shape index (κ2) is 5.07. The van der Waals surface area contributed by atoms with E-state index < -0.39 is 0 Å². The van der Waals surface area contributed by atoms with Crippen LogP contribution in [0.2, 0.25) is 0 Å². The Labute approximate surface area is 123 Å². The van der Waals surface area contributed by atoms with Crippen molar-refractivity contribution in [3.8, 4) is 0 Å². The molecule has 0 aromatic carbocycles. The van der Waals surface area contributed by atoms with Gasteiger partial charge in [0.1, 0.15) is 12.7 Å². The minimum Gasteiger partial charge on any atom is -0.371 e. The summed E-state index contributed by atoms with van der Waals surface area (Å²) in [4.78, 5) is 11.0. The van der Waals surface area contributed by atoms with Crippen LogP contribution in [0.15, 0.2) is 31.1 Å². The molecule has 0 aliphatic carbocycles. The van der Waals surface area contributed by atoms with Crippen LogP contribution in [0.25, 0.3) is 0 Å². The SMILES string of the molecule is c1cnc(N2CCCC3(CC(n4cnnc4)CO3)C2)nc1. The third-order valence-corrected chi connectivity index (χ3v) is 4.42. The van der Waals surface area contributed by atoms with E-state index in [4.69, 9.17) is 4.74 Å². The Kier molecular flexibility index (Phi) is 3.07. The fraction of sp³-hybridized carbons (Fsp3) is 0.571. The standard InChI is InChI=1S/C14H18N6O/c1-3-14(7-12(8-21-14)20-10-17-18-11-20)9-19(6-1)13-15-4-2-5-16-13/h2,4-5,10-12H,1,3,6-9H2. The minimum atomic E-state index is -0.0909. The molecule has 110 valence electrons. The summed E-state index contributed by atoms with van der Waals surface area (Å²) in [6.45, 7) is 2.57. The highest BCUT2D eigenvalue weighted by Gasteiger charge is 2.44. The fourth-order valence-electron chi connectivity index (χ4n) is 3.42. The second-order valence-electron chi connectivity index (χ2n) is 5.83. The third-order valence-electron chi connectivity index (χ3n) is 4.42. The first kappa shape index (κ1) is 12.7. The molecule has 7 nitrogen and oxygen atoms in total. The zero-order valence-corrected chi connectivity index (χ0v) is 11.8. The maximum atomic E-state index is 6.20. The van der Waals surface area contributed by atoms with E-state index in [1.54, 1.807) is 25.0 Å². The Morgan fingerprint density at radius 3 is 2.81 bits per heavy atom. The van der Waals surface area contributed by atoms with E-state index in [0.29, 0.717) is 6.04 Å². The number of hydrogen-bond donors (Lipinski definition) is 0. The lowest BCUT2D eigenvalue weighted by atomic mass is 9.89. The topological polar surface area (TPSA) is 69.0 Å². The molecule has 2 fully saturated rings. The van der Waals surface area contributed by atoms with Gasteiger partial charge in [0.2, 0.25) is 5.95 Å². The average molecular weight is 286 g/mol. The molecule has 2 aliphatic rings. The number of hydrogen-bond acceptors (Lipinski definition) is 6. The first-order valence-corrected chi connectivity index (χ1v) is 7.35. The highest BCUT2D eigenvalue weighted by molar-refractivity contribution is 5.31. The van der Waals surface area contributed by atoms with Gasteiger partial charge in [-0.15, -0.1) is 10.2 Å². The van der Waals surface area contributed by atoms with E-state index in [2.05, 4.69) is 25.1 Å². The normalized spacial score (nSPS) is 29.1. The second-order valence-corrected chi connectivity index (χ2v) is 5.83.